The molecule has 0 aliphatic rings. The van der Waals surface area contributed by atoms with E-state index in [0.717, 1.165) is 5.56 Å². The quantitative estimate of drug-likeness (QED) is 0.445. The van der Waals surface area contributed by atoms with Gasteiger partial charge in [0.05, 0.1) is 16.1 Å². The molecule has 3 aromatic rings. The minimum atomic E-state index is -3.90. The van der Waals surface area contributed by atoms with E-state index in [0.29, 0.717) is 21.7 Å². The van der Waals surface area contributed by atoms with Crippen LogP contribution in [0.25, 0.3) is 22.3 Å². The van der Waals surface area contributed by atoms with E-state index in [4.69, 9.17) is 27.6 Å². The number of anilines is 1. The first kappa shape index (κ1) is 22.4. The Hall–Kier alpha value is -3.24. The monoisotopic (exact) mass is 459 g/mol. The van der Waals surface area contributed by atoms with Gasteiger partial charge in [0.25, 0.3) is 5.91 Å². The smallest absolute Gasteiger partial charge is 0.250 e. The van der Waals surface area contributed by atoms with E-state index in [2.05, 4.69) is 5.32 Å². The summed E-state index contributed by atoms with van der Waals surface area (Å²) in [6.07, 6.45) is 0. The second-order valence-electron chi connectivity index (χ2n) is 6.59. The first-order chi connectivity index (χ1) is 14.6. The molecular weight excluding hydrogens is 442 g/mol. The van der Waals surface area contributed by atoms with E-state index in [1.807, 2.05) is 0 Å². The van der Waals surface area contributed by atoms with Crippen LogP contribution in [0.1, 0.15) is 10.4 Å². The lowest BCUT2D eigenvalue weighted by Gasteiger charge is -2.17. The Morgan fingerprint density at radius 1 is 0.935 bits per heavy atom. The number of aliphatic hydroxyl groups is 1. The maximum absolute atomic E-state index is 12.2. The molecule has 3 aromatic carbocycles. The summed E-state index contributed by atoms with van der Waals surface area (Å²) in [5, 5.41) is 17.3. The molecule has 0 unspecified atom stereocenters. The third-order valence-electron chi connectivity index (χ3n) is 4.48. The van der Waals surface area contributed by atoms with Crippen molar-refractivity contribution in [2.24, 2.45) is 10.9 Å². The van der Waals surface area contributed by atoms with E-state index < -0.39 is 28.4 Å². The summed E-state index contributed by atoms with van der Waals surface area (Å²) >= 11 is 5.95. The number of carbonyl (C=O) groups excluding carboxylic acids is 2. The van der Waals surface area contributed by atoms with Gasteiger partial charge in [-0.2, -0.15) is 0 Å². The first-order valence-electron chi connectivity index (χ1n) is 8.88. The maximum Gasteiger partial charge on any atom is 0.250 e. The molecule has 0 bridgehead atoms. The van der Waals surface area contributed by atoms with Crippen LogP contribution in [0.2, 0.25) is 5.02 Å². The van der Waals surface area contributed by atoms with Gasteiger partial charge in [0.1, 0.15) is 6.61 Å². The SMILES string of the molecule is NC(=O)c1cc(-c2ccc(Cl)cc2)cc(-c2ccc(S(N)(=O)=O)cc2)c1NC(=O)CO. The van der Waals surface area contributed by atoms with Gasteiger partial charge in [-0.25, -0.2) is 13.6 Å². The van der Waals surface area contributed by atoms with Crippen molar-refractivity contribution in [2.45, 2.75) is 4.90 Å². The molecule has 0 aromatic heterocycles. The number of aliphatic hydroxyl groups excluding tert-OH is 1. The van der Waals surface area contributed by atoms with Crippen LogP contribution >= 0.6 is 11.6 Å². The van der Waals surface area contributed by atoms with Crippen LogP contribution < -0.4 is 16.2 Å². The second-order valence-corrected chi connectivity index (χ2v) is 8.59. The molecular formula is C21H18ClN3O5S. The molecule has 0 heterocycles. The van der Waals surface area contributed by atoms with Crippen molar-refractivity contribution in [3.63, 3.8) is 0 Å². The van der Waals surface area contributed by atoms with Gasteiger partial charge in [-0.3, -0.25) is 9.59 Å². The van der Waals surface area contributed by atoms with Gasteiger partial charge in [-0.1, -0.05) is 35.9 Å². The van der Waals surface area contributed by atoms with Gasteiger partial charge in [0.15, 0.2) is 0 Å². The predicted octanol–water partition coefficient (Wildman–Crippen LogP) is 2.35. The summed E-state index contributed by atoms with van der Waals surface area (Å²) in [5.74, 6) is -1.55. The normalized spacial score (nSPS) is 11.2. The van der Waals surface area contributed by atoms with Crippen molar-refractivity contribution in [1.82, 2.24) is 0 Å². The van der Waals surface area contributed by atoms with E-state index in [9.17, 15) is 18.0 Å². The highest BCUT2D eigenvalue weighted by molar-refractivity contribution is 7.89. The zero-order valence-corrected chi connectivity index (χ0v) is 17.6. The van der Waals surface area contributed by atoms with Crippen LogP contribution in [0.3, 0.4) is 0 Å². The Morgan fingerprint density at radius 2 is 1.52 bits per heavy atom. The Bertz CT molecular complexity index is 1260. The molecule has 0 aliphatic heterocycles. The van der Waals surface area contributed by atoms with Gasteiger partial charge in [0, 0.05) is 10.6 Å². The lowest BCUT2D eigenvalue weighted by atomic mass is 9.93. The van der Waals surface area contributed by atoms with Crippen molar-refractivity contribution in [2.75, 3.05) is 11.9 Å². The number of hydrogen-bond donors (Lipinski definition) is 4. The van der Waals surface area contributed by atoms with Crippen LogP contribution in [-0.2, 0) is 14.8 Å². The number of nitrogens with two attached hydrogens (primary N) is 2. The Kier molecular flexibility index (Phi) is 6.42. The van der Waals surface area contributed by atoms with E-state index >= 15 is 0 Å². The number of rotatable bonds is 6. The zero-order chi connectivity index (χ0) is 22.8. The highest BCUT2D eigenvalue weighted by Crippen LogP contribution is 2.36. The summed E-state index contributed by atoms with van der Waals surface area (Å²) in [7, 11) is -3.90. The van der Waals surface area contributed by atoms with Crippen LogP contribution in [0.4, 0.5) is 5.69 Å². The molecule has 160 valence electrons. The van der Waals surface area contributed by atoms with Crippen molar-refractivity contribution >= 4 is 39.1 Å². The summed E-state index contributed by atoms with van der Waals surface area (Å²) in [4.78, 5) is 24.0. The molecule has 31 heavy (non-hydrogen) atoms. The van der Waals surface area contributed by atoms with E-state index in [1.54, 1.807) is 30.3 Å². The largest absolute Gasteiger partial charge is 0.387 e. The van der Waals surface area contributed by atoms with Gasteiger partial charge < -0.3 is 16.2 Å². The fraction of sp³-hybridized carbons (Fsp3) is 0.0476. The molecule has 0 aliphatic carbocycles. The fourth-order valence-electron chi connectivity index (χ4n) is 3.01. The molecule has 0 saturated carbocycles. The summed E-state index contributed by atoms with van der Waals surface area (Å²) < 4.78 is 23.1. The van der Waals surface area contributed by atoms with Crippen LogP contribution in [0, 0.1) is 0 Å². The number of hydrogen-bond acceptors (Lipinski definition) is 5. The minimum absolute atomic E-state index is 0.0137. The molecule has 8 nitrogen and oxygen atoms in total. The van der Waals surface area contributed by atoms with Crippen molar-refractivity contribution in [1.29, 1.82) is 0 Å². The van der Waals surface area contributed by atoms with Gasteiger partial charge >= 0.3 is 0 Å². The van der Waals surface area contributed by atoms with Crippen LogP contribution in [0.5, 0.6) is 0 Å². The lowest BCUT2D eigenvalue weighted by molar-refractivity contribution is -0.118. The lowest BCUT2D eigenvalue weighted by Crippen LogP contribution is -2.21. The first-order valence-corrected chi connectivity index (χ1v) is 10.8. The predicted molar refractivity (Wildman–Crippen MR) is 118 cm³/mol. The summed E-state index contributed by atoms with van der Waals surface area (Å²) in [6.45, 7) is -0.805. The van der Waals surface area contributed by atoms with Crippen molar-refractivity contribution in [3.05, 3.63) is 71.2 Å². The number of sulfonamides is 1. The van der Waals surface area contributed by atoms with Crippen LogP contribution in [-0.4, -0.2) is 31.9 Å². The Balaban J connectivity index is 2.27. The number of halogens is 1. The number of amides is 2. The molecule has 2 amide bonds. The molecule has 0 saturated heterocycles. The summed E-state index contributed by atoms with van der Waals surface area (Å²) in [6, 6.07) is 15.7. The number of carbonyl (C=O) groups is 2. The Labute approximate surface area is 183 Å². The van der Waals surface area contributed by atoms with Gasteiger partial charge in [0.2, 0.25) is 15.9 Å². The topological polar surface area (TPSA) is 153 Å². The van der Waals surface area contributed by atoms with Gasteiger partial charge in [-0.15, -0.1) is 0 Å². The molecule has 0 fully saturated rings. The highest BCUT2D eigenvalue weighted by atomic mass is 35.5. The molecule has 0 spiro atoms. The average Bonchev–Trinajstić information content (AvgIpc) is 2.73. The number of primary amides is 1. The maximum atomic E-state index is 12.2. The second kappa shape index (κ2) is 8.86. The Morgan fingerprint density at radius 3 is 2.03 bits per heavy atom. The third-order valence-corrected chi connectivity index (χ3v) is 5.66. The number of benzene rings is 3. The zero-order valence-electron chi connectivity index (χ0n) is 16.0. The van der Waals surface area contributed by atoms with Crippen LogP contribution in [0.15, 0.2) is 65.6 Å². The fourth-order valence-corrected chi connectivity index (χ4v) is 3.65. The molecule has 6 N–H and O–H groups in total. The molecule has 0 radical (unpaired) electrons. The van der Waals surface area contributed by atoms with Gasteiger partial charge in [-0.05, 0) is 53.1 Å². The molecule has 0 atom stereocenters. The summed E-state index contributed by atoms with van der Waals surface area (Å²) in [5.41, 5.74) is 7.88. The van der Waals surface area contributed by atoms with E-state index in [-0.39, 0.29) is 16.1 Å². The van der Waals surface area contributed by atoms with Crippen molar-refractivity contribution < 1.29 is 23.1 Å². The standard InChI is InChI=1S/C21H18ClN3O5S/c22-15-5-1-12(2-6-15)14-9-17(13-3-7-16(8-4-13)31(24,29)30)20(25-19(27)11-26)18(10-14)21(23)28/h1-10,26H,11H2,(H2,23,28)(H,25,27)(H2,24,29,30). The third kappa shape index (κ3) is 5.09. The molecule has 10 heteroatoms. The van der Waals surface area contributed by atoms with E-state index in [1.165, 1.54) is 30.3 Å². The average molecular weight is 460 g/mol. The minimum Gasteiger partial charge on any atom is -0.387 e. The number of primary sulfonamides is 1. The highest BCUT2D eigenvalue weighted by Gasteiger charge is 2.19. The number of nitrogens with one attached hydrogen (secondary N) is 1. The van der Waals surface area contributed by atoms with Crippen molar-refractivity contribution in [3.8, 4) is 22.3 Å². The molecule has 3 rings (SSSR count).